The fourth-order valence-corrected chi connectivity index (χ4v) is 4.18. The number of fused-ring (bicyclic) bond motifs is 3. The van der Waals surface area contributed by atoms with Crippen LogP contribution in [0.2, 0.25) is 0 Å². The van der Waals surface area contributed by atoms with E-state index < -0.39 is 5.91 Å². The standard InChI is InChI=1S/C23H23N5O3/c29-22-16-9-4-5-10-18(16)28-21(27-22)17(13-25-28)23(30)26-20-19(11-6-12-24-20)31-14-15-7-2-1-3-8-15/h4-6,9-13,15H,1-3,7-8,14H2,(H,27,29)(H,24,26,30). The summed E-state index contributed by atoms with van der Waals surface area (Å²) in [6, 6.07) is 10.7. The third-order valence-corrected chi connectivity index (χ3v) is 5.82. The number of nitrogens with one attached hydrogen (secondary N) is 2. The van der Waals surface area contributed by atoms with Gasteiger partial charge in [-0.1, -0.05) is 31.4 Å². The highest BCUT2D eigenvalue weighted by Gasteiger charge is 2.19. The zero-order chi connectivity index (χ0) is 21.2. The maximum Gasteiger partial charge on any atom is 0.262 e. The lowest BCUT2D eigenvalue weighted by atomic mass is 9.90. The Bertz CT molecular complexity index is 1300. The van der Waals surface area contributed by atoms with Crippen molar-refractivity contribution in [1.82, 2.24) is 19.6 Å². The van der Waals surface area contributed by atoms with E-state index in [-0.39, 0.29) is 11.1 Å². The molecule has 4 aromatic rings. The first-order valence-electron chi connectivity index (χ1n) is 10.6. The summed E-state index contributed by atoms with van der Waals surface area (Å²) in [6.07, 6.45) is 9.17. The fraction of sp³-hybridized carbons (Fsp3) is 0.304. The molecule has 158 valence electrons. The van der Waals surface area contributed by atoms with Crippen LogP contribution in [0.1, 0.15) is 42.5 Å². The van der Waals surface area contributed by atoms with Crippen LogP contribution in [0.5, 0.6) is 5.75 Å². The van der Waals surface area contributed by atoms with Gasteiger partial charge in [-0.2, -0.15) is 5.10 Å². The average Bonchev–Trinajstić information content (AvgIpc) is 3.23. The molecule has 0 bridgehead atoms. The van der Waals surface area contributed by atoms with Crippen molar-refractivity contribution in [1.29, 1.82) is 0 Å². The minimum absolute atomic E-state index is 0.256. The molecule has 0 saturated heterocycles. The highest BCUT2D eigenvalue weighted by atomic mass is 16.5. The van der Waals surface area contributed by atoms with E-state index in [4.69, 9.17) is 4.74 Å². The van der Waals surface area contributed by atoms with E-state index in [9.17, 15) is 9.59 Å². The Morgan fingerprint density at radius 3 is 2.87 bits per heavy atom. The Hall–Kier alpha value is -3.68. The minimum Gasteiger partial charge on any atom is -0.489 e. The predicted octanol–water partition coefficient (Wildman–Crippen LogP) is 3.78. The van der Waals surface area contributed by atoms with Gasteiger partial charge in [0.2, 0.25) is 0 Å². The number of benzene rings is 1. The third-order valence-electron chi connectivity index (χ3n) is 5.82. The molecule has 3 aromatic heterocycles. The Labute approximate surface area is 178 Å². The number of H-pyrrole nitrogens is 1. The second-order valence-electron chi connectivity index (χ2n) is 7.91. The number of pyridine rings is 1. The number of rotatable bonds is 5. The summed E-state index contributed by atoms with van der Waals surface area (Å²) >= 11 is 0. The zero-order valence-electron chi connectivity index (χ0n) is 17.0. The first-order valence-corrected chi connectivity index (χ1v) is 10.6. The summed E-state index contributed by atoms with van der Waals surface area (Å²) in [7, 11) is 0. The number of nitrogens with zero attached hydrogens (tertiary/aromatic N) is 3. The van der Waals surface area contributed by atoms with Crippen LogP contribution in [0.15, 0.2) is 53.6 Å². The van der Waals surface area contributed by atoms with E-state index in [1.807, 2.05) is 6.07 Å². The van der Waals surface area contributed by atoms with Gasteiger partial charge in [0.25, 0.3) is 11.5 Å². The molecule has 0 spiro atoms. The first kappa shape index (κ1) is 19.3. The Balaban J connectivity index is 1.41. The lowest BCUT2D eigenvalue weighted by molar-refractivity contribution is 0.102. The largest absolute Gasteiger partial charge is 0.489 e. The molecule has 0 radical (unpaired) electrons. The summed E-state index contributed by atoms with van der Waals surface area (Å²) in [6.45, 7) is 0.616. The maximum atomic E-state index is 13.0. The molecule has 8 heteroatoms. The average molecular weight is 417 g/mol. The van der Waals surface area contributed by atoms with Crippen LogP contribution in [0, 0.1) is 5.92 Å². The van der Waals surface area contributed by atoms with Gasteiger partial charge in [0.05, 0.1) is 23.7 Å². The number of amides is 1. The molecule has 5 rings (SSSR count). The van der Waals surface area contributed by atoms with Crippen molar-refractivity contribution in [2.45, 2.75) is 32.1 Å². The molecule has 1 amide bonds. The van der Waals surface area contributed by atoms with Crippen molar-refractivity contribution >= 4 is 28.3 Å². The number of aromatic amines is 1. The van der Waals surface area contributed by atoms with E-state index in [0.29, 0.717) is 40.6 Å². The van der Waals surface area contributed by atoms with Crippen LogP contribution in [0.4, 0.5) is 5.82 Å². The summed E-state index contributed by atoms with van der Waals surface area (Å²) < 4.78 is 7.56. The number of hydrogen-bond acceptors (Lipinski definition) is 5. The van der Waals surface area contributed by atoms with Crippen molar-refractivity contribution in [3.8, 4) is 5.75 Å². The van der Waals surface area contributed by atoms with Crippen molar-refractivity contribution in [3.63, 3.8) is 0 Å². The van der Waals surface area contributed by atoms with Gasteiger partial charge < -0.3 is 15.0 Å². The van der Waals surface area contributed by atoms with Crippen molar-refractivity contribution in [2.75, 3.05) is 11.9 Å². The molecule has 8 nitrogen and oxygen atoms in total. The van der Waals surface area contributed by atoms with E-state index in [1.54, 1.807) is 41.0 Å². The van der Waals surface area contributed by atoms with Gasteiger partial charge in [0.15, 0.2) is 11.6 Å². The smallest absolute Gasteiger partial charge is 0.262 e. The van der Waals surface area contributed by atoms with Crippen LogP contribution >= 0.6 is 0 Å². The molecular weight excluding hydrogens is 394 g/mol. The SMILES string of the molecule is O=C(Nc1ncccc1OCC1CCCCC1)c1cnn2c1[nH]c(=O)c1ccccc12. The molecule has 1 saturated carbocycles. The quantitative estimate of drug-likeness (QED) is 0.515. The number of aromatic nitrogens is 4. The minimum atomic E-state index is -0.415. The van der Waals surface area contributed by atoms with Crippen molar-refractivity contribution < 1.29 is 9.53 Å². The number of carbonyl (C=O) groups excluding carboxylic acids is 1. The Morgan fingerprint density at radius 2 is 2.00 bits per heavy atom. The lowest BCUT2D eigenvalue weighted by Gasteiger charge is -2.22. The summed E-state index contributed by atoms with van der Waals surface area (Å²) in [4.78, 5) is 32.5. The number of ether oxygens (including phenoxy) is 1. The van der Waals surface area contributed by atoms with Crippen LogP contribution < -0.4 is 15.6 Å². The van der Waals surface area contributed by atoms with Gasteiger partial charge in [0, 0.05) is 6.20 Å². The van der Waals surface area contributed by atoms with Crippen molar-refractivity contribution in [3.05, 3.63) is 64.7 Å². The zero-order valence-corrected chi connectivity index (χ0v) is 17.0. The van der Waals surface area contributed by atoms with E-state index in [2.05, 4.69) is 20.4 Å². The van der Waals surface area contributed by atoms with Crippen molar-refractivity contribution in [2.24, 2.45) is 5.92 Å². The van der Waals surface area contributed by atoms with Gasteiger partial charge >= 0.3 is 0 Å². The van der Waals surface area contributed by atoms with Gasteiger partial charge in [-0.3, -0.25) is 9.59 Å². The molecule has 1 aromatic carbocycles. The molecule has 1 aliphatic carbocycles. The molecular formula is C23H23N5O3. The molecule has 31 heavy (non-hydrogen) atoms. The van der Waals surface area contributed by atoms with Gasteiger partial charge in [-0.25, -0.2) is 9.50 Å². The van der Waals surface area contributed by atoms with Gasteiger partial charge in [-0.05, 0) is 43.0 Å². The van der Waals surface area contributed by atoms with E-state index in [1.165, 1.54) is 38.3 Å². The molecule has 0 unspecified atom stereocenters. The number of carbonyl (C=O) groups is 1. The van der Waals surface area contributed by atoms with Crippen LogP contribution in [-0.4, -0.2) is 32.1 Å². The van der Waals surface area contributed by atoms with Crippen LogP contribution in [0.25, 0.3) is 16.6 Å². The monoisotopic (exact) mass is 417 g/mol. The highest BCUT2D eigenvalue weighted by Crippen LogP contribution is 2.27. The van der Waals surface area contributed by atoms with Gasteiger partial charge in [-0.15, -0.1) is 0 Å². The summed E-state index contributed by atoms with van der Waals surface area (Å²) in [5.41, 5.74) is 0.954. The number of anilines is 1. The van der Waals surface area contributed by atoms with E-state index in [0.717, 1.165) is 0 Å². The fourth-order valence-electron chi connectivity index (χ4n) is 4.18. The molecule has 1 fully saturated rings. The van der Waals surface area contributed by atoms with Crippen LogP contribution in [-0.2, 0) is 0 Å². The molecule has 2 N–H and O–H groups in total. The van der Waals surface area contributed by atoms with Gasteiger partial charge in [0.1, 0.15) is 11.2 Å². The Morgan fingerprint density at radius 1 is 1.16 bits per heavy atom. The van der Waals surface area contributed by atoms with Crippen LogP contribution in [0.3, 0.4) is 0 Å². The lowest BCUT2D eigenvalue weighted by Crippen LogP contribution is -2.18. The predicted molar refractivity (Wildman–Crippen MR) is 118 cm³/mol. The molecule has 1 aliphatic rings. The molecule has 0 aliphatic heterocycles. The third kappa shape index (κ3) is 3.76. The Kier molecular flexibility index (Phi) is 5.11. The normalized spacial score (nSPS) is 14.7. The number of hydrogen-bond donors (Lipinski definition) is 2. The second kappa shape index (κ2) is 8.22. The molecule has 0 atom stereocenters. The highest BCUT2D eigenvalue weighted by molar-refractivity contribution is 6.08. The molecule has 3 heterocycles. The first-order chi connectivity index (χ1) is 15.2. The summed E-state index contributed by atoms with van der Waals surface area (Å²) in [5.74, 6) is 1.01. The number of para-hydroxylation sites is 1. The summed E-state index contributed by atoms with van der Waals surface area (Å²) in [5, 5.41) is 7.62. The maximum absolute atomic E-state index is 13.0. The second-order valence-corrected chi connectivity index (χ2v) is 7.91. The van der Waals surface area contributed by atoms with E-state index >= 15 is 0 Å². The topological polar surface area (TPSA) is 101 Å².